The van der Waals surface area contributed by atoms with Gasteiger partial charge in [0.25, 0.3) is 11.8 Å². The standard InChI is InChI=1S/C29H36ClF3N4O4S/c1-28(2,3)17-36(15-18-5-4-6-18)22(14-34-27(40)23-9-10-24(30)42-23)26(39)35-21-8-7-19(13-20(21)29(31,32)33)37-11-12-41-16-25(37)38/h7-10,13,18,22H,4-6,11-12,14-17H2,1-3H3,(H,34,40)(H,35,39)/t22-/m1/s1. The molecule has 0 bridgehead atoms. The summed E-state index contributed by atoms with van der Waals surface area (Å²) >= 11 is 7.07. The van der Waals surface area contributed by atoms with Gasteiger partial charge in [-0.25, -0.2) is 0 Å². The summed E-state index contributed by atoms with van der Waals surface area (Å²) in [7, 11) is 0. The molecule has 4 rings (SSSR count). The van der Waals surface area contributed by atoms with E-state index in [0.29, 0.717) is 28.2 Å². The first-order valence-electron chi connectivity index (χ1n) is 13.9. The maximum Gasteiger partial charge on any atom is 0.418 e. The van der Waals surface area contributed by atoms with Crippen LogP contribution in [-0.4, -0.2) is 68.1 Å². The highest BCUT2D eigenvalue weighted by Crippen LogP contribution is 2.38. The molecular formula is C29H36ClF3N4O4S. The molecule has 1 aromatic carbocycles. The van der Waals surface area contributed by atoms with Gasteiger partial charge in [-0.1, -0.05) is 38.8 Å². The van der Waals surface area contributed by atoms with Crippen molar-refractivity contribution in [2.24, 2.45) is 11.3 Å². The van der Waals surface area contributed by atoms with E-state index in [0.717, 1.165) is 36.7 Å². The summed E-state index contributed by atoms with van der Waals surface area (Å²) in [5.41, 5.74) is -1.63. The topological polar surface area (TPSA) is 91.0 Å². The summed E-state index contributed by atoms with van der Waals surface area (Å²) in [6.07, 6.45) is -1.69. The second-order valence-corrected chi connectivity index (χ2v) is 13.6. The molecule has 1 aliphatic heterocycles. The van der Waals surface area contributed by atoms with Crippen LogP contribution in [0.3, 0.4) is 0 Å². The molecule has 2 fully saturated rings. The smallest absolute Gasteiger partial charge is 0.370 e. The number of carbonyl (C=O) groups excluding carboxylic acids is 3. The number of amides is 3. The zero-order chi connectivity index (χ0) is 30.7. The highest BCUT2D eigenvalue weighted by atomic mass is 35.5. The highest BCUT2D eigenvalue weighted by Gasteiger charge is 2.38. The average Bonchev–Trinajstić information content (AvgIpc) is 3.31. The molecule has 2 N–H and O–H groups in total. The Morgan fingerprint density at radius 3 is 2.50 bits per heavy atom. The molecule has 13 heteroatoms. The van der Waals surface area contributed by atoms with E-state index in [1.54, 1.807) is 12.1 Å². The Morgan fingerprint density at radius 2 is 1.93 bits per heavy atom. The minimum Gasteiger partial charge on any atom is -0.370 e. The highest BCUT2D eigenvalue weighted by molar-refractivity contribution is 7.18. The molecule has 230 valence electrons. The number of nitrogens with zero attached hydrogens (tertiary/aromatic N) is 2. The second kappa shape index (κ2) is 13.3. The first-order chi connectivity index (χ1) is 19.7. The summed E-state index contributed by atoms with van der Waals surface area (Å²) in [6.45, 7) is 7.16. The van der Waals surface area contributed by atoms with Crippen molar-refractivity contribution in [3.05, 3.63) is 45.1 Å². The molecule has 8 nitrogen and oxygen atoms in total. The van der Waals surface area contributed by atoms with Crippen LogP contribution in [0.4, 0.5) is 24.5 Å². The fourth-order valence-electron chi connectivity index (χ4n) is 5.07. The Morgan fingerprint density at radius 1 is 1.19 bits per heavy atom. The number of alkyl halides is 3. The fraction of sp³-hybridized carbons (Fsp3) is 0.552. The van der Waals surface area contributed by atoms with Crippen LogP contribution < -0.4 is 15.5 Å². The van der Waals surface area contributed by atoms with Crippen molar-refractivity contribution >= 4 is 52.0 Å². The van der Waals surface area contributed by atoms with Gasteiger partial charge in [0.1, 0.15) is 12.6 Å². The van der Waals surface area contributed by atoms with Crippen molar-refractivity contribution in [1.29, 1.82) is 0 Å². The number of rotatable bonds is 10. The normalized spacial score (nSPS) is 17.2. The molecule has 1 aromatic heterocycles. The number of morpholine rings is 1. The van der Waals surface area contributed by atoms with E-state index < -0.39 is 41.2 Å². The summed E-state index contributed by atoms with van der Waals surface area (Å²) in [5.74, 6) is -1.16. The summed E-state index contributed by atoms with van der Waals surface area (Å²) in [6, 6.07) is 5.66. The van der Waals surface area contributed by atoms with Gasteiger partial charge in [-0.05, 0) is 54.5 Å². The number of carbonyl (C=O) groups is 3. The molecule has 0 unspecified atom stereocenters. The number of benzene rings is 1. The van der Waals surface area contributed by atoms with Crippen molar-refractivity contribution in [3.8, 4) is 0 Å². The number of nitrogens with one attached hydrogen (secondary N) is 2. The Kier molecular flexibility index (Phi) is 10.2. The molecule has 1 saturated heterocycles. The van der Waals surface area contributed by atoms with Gasteiger partial charge in [-0.3, -0.25) is 19.3 Å². The van der Waals surface area contributed by atoms with E-state index in [-0.39, 0.29) is 37.4 Å². The van der Waals surface area contributed by atoms with E-state index >= 15 is 0 Å². The maximum absolute atomic E-state index is 14.2. The van der Waals surface area contributed by atoms with E-state index in [1.165, 1.54) is 17.0 Å². The van der Waals surface area contributed by atoms with E-state index in [1.807, 2.05) is 25.7 Å². The van der Waals surface area contributed by atoms with Crippen LogP contribution in [0.25, 0.3) is 0 Å². The minimum atomic E-state index is -4.80. The van der Waals surface area contributed by atoms with E-state index in [4.69, 9.17) is 16.3 Å². The van der Waals surface area contributed by atoms with Crippen LogP contribution in [0.5, 0.6) is 0 Å². The van der Waals surface area contributed by atoms with Gasteiger partial charge in [0.05, 0.1) is 27.1 Å². The quantitative estimate of drug-likeness (QED) is 0.354. The zero-order valence-electron chi connectivity index (χ0n) is 23.9. The Hall–Kier alpha value is -2.67. The lowest BCUT2D eigenvalue weighted by Gasteiger charge is -2.40. The minimum absolute atomic E-state index is 0.0754. The SMILES string of the molecule is CC(C)(C)CN(CC1CCC1)[C@H](CNC(=O)c1ccc(Cl)s1)C(=O)Nc1ccc(N2CCOCC2=O)cc1C(F)(F)F. The lowest BCUT2D eigenvalue weighted by Crippen LogP contribution is -2.54. The number of hydrogen-bond donors (Lipinski definition) is 2. The number of halogens is 4. The van der Waals surface area contributed by atoms with Crippen LogP contribution in [0.2, 0.25) is 4.34 Å². The summed E-state index contributed by atoms with van der Waals surface area (Å²) in [4.78, 5) is 42.5. The Bertz CT molecular complexity index is 1290. The molecule has 2 aromatic rings. The van der Waals surface area contributed by atoms with Crippen molar-refractivity contribution in [3.63, 3.8) is 0 Å². The first-order valence-corrected chi connectivity index (χ1v) is 15.1. The molecule has 2 heterocycles. The van der Waals surface area contributed by atoms with Crippen LogP contribution in [0, 0.1) is 11.3 Å². The van der Waals surface area contributed by atoms with Crippen LogP contribution >= 0.6 is 22.9 Å². The molecule has 42 heavy (non-hydrogen) atoms. The van der Waals surface area contributed by atoms with Gasteiger partial charge in [0.15, 0.2) is 0 Å². The summed E-state index contributed by atoms with van der Waals surface area (Å²) < 4.78 is 48.2. The van der Waals surface area contributed by atoms with Gasteiger partial charge < -0.3 is 20.3 Å². The molecule has 2 aliphatic rings. The average molecular weight is 629 g/mol. The summed E-state index contributed by atoms with van der Waals surface area (Å²) in [5, 5.41) is 5.29. The van der Waals surface area contributed by atoms with Gasteiger partial charge in [0.2, 0.25) is 5.91 Å². The molecule has 1 aliphatic carbocycles. The third kappa shape index (κ3) is 8.46. The molecule has 1 saturated carbocycles. The predicted molar refractivity (Wildman–Crippen MR) is 157 cm³/mol. The number of ether oxygens (including phenoxy) is 1. The van der Waals surface area contributed by atoms with Crippen molar-refractivity contribution in [2.75, 3.05) is 49.6 Å². The molecule has 1 atom stereocenters. The fourth-order valence-corrected chi connectivity index (χ4v) is 6.03. The van der Waals surface area contributed by atoms with Gasteiger partial charge in [0, 0.05) is 31.9 Å². The Labute approximate surface area is 252 Å². The first kappa shape index (κ1) is 32.2. The van der Waals surface area contributed by atoms with Gasteiger partial charge in [-0.15, -0.1) is 11.3 Å². The monoisotopic (exact) mass is 628 g/mol. The third-order valence-corrected chi connectivity index (χ3v) is 8.49. The lowest BCUT2D eigenvalue weighted by atomic mass is 9.84. The molecular weight excluding hydrogens is 593 g/mol. The van der Waals surface area contributed by atoms with Crippen LogP contribution in [0.1, 0.15) is 55.3 Å². The van der Waals surface area contributed by atoms with Crippen molar-refractivity contribution in [2.45, 2.75) is 52.3 Å². The number of hydrogen-bond acceptors (Lipinski definition) is 6. The molecule has 3 amide bonds. The largest absolute Gasteiger partial charge is 0.418 e. The number of thiophene rings is 1. The molecule has 0 spiro atoms. The predicted octanol–water partition coefficient (Wildman–Crippen LogP) is 5.67. The van der Waals surface area contributed by atoms with Crippen molar-refractivity contribution in [1.82, 2.24) is 10.2 Å². The second-order valence-electron chi connectivity index (χ2n) is 11.9. The van der Waals surface area contributed by atoms with E-state index in [9.17, 15) is 27.6 Å². The van der Waals surface area contributed by atoms with Crippen molar-refractivity contribution < 1.29 is 32.3 Å². The van der Waals surface area contributed by atoms with Crippen LogP contribution in [0.15, 0.2) is 30.3 Å². The van der Waals surface area contributed by atoms with Gasteiger partial charge in [-0.2, -0.15) is 13.2 Å². The maximum atomic E-state index is 14.2. The van der Waals surface area contributed by atoms with Gasteiger partial charge >= 0.3 is 6.18 Å². The third-order valence-electron chi connectivity index (χ3n) is 7.26. The lowest BCUT2D eigenvalue weighted by molar-refractivity contribution is -0.137. The molecule has 0 radical (unpaired) electrons. The number of anilines is 2. The van der Waals surface area contributed by atoms with Crippen LogP contribution in [-0.2, 0) is 20.5 Å². The zero-order valence-corrected chi connectivity index (χ0v) is 25.4. The Balaban J connectivity index is 1.62. The van der Waals surface area contributed by atoms with E-state index in [2.05, 4.69) is 10.6 Å².